The van der Waals surface area contributed by atoms with Crippen LogP contribution in [-0.4, -0.2) is 56.4 Å². The zero-order valence-corrected chi connectivity index (χ0v) is 6.74. The summed E-state index contributed by atoms with van der Waals surface area (Å²) in [4.78, 5) is 9.97. The van der Waals surface area contributed by atoms with Crippen LogP contribution in [0.4, 0.5) is 0 Å². The van der Waals surface area contributed by atoms with Crippen molar-refractivity contribution in [3.05, 3.63) is 12.2 Å². The lowest BCUT2D eigenvalue weighted by Crippen LogP contribution is -2.38. The van der Waals surface area contributed by atoms with Gasteiger partial charge >= 0.3 is 5.97 Å². The number of rotatable bonds is 5. The van der Waals surface area contributed by atoms with Gasteiger partial charge in [0.2, 0.25) is 0 Å². The molecule has 0 aliphatic rings. The minimum atomic E-state index is -1.60. The van der Waals surface area contributed by atoms with Crippen molar-refractivity contribution in [1.82, 2.24) is 0 Å². The van der Waals surface area contributed by atoms with E-state index in [4.69, 9.17) is 25.5 Å². The third-order valence-corrected chi connectivity index (χ3v) is 1.37. The highest BCUT2D eigenvalue weighted by atomic mass is 16.4. The van der Waals surface area contributed by atoms with Crippen LogP contribution in [0.25, 0.3) is 0 Å². The van der Waals surface area contributed by atoms with Gasteiger partial charge in [-0.1, -0.05) is 0 Å². The molecule has 3 unspecified atom stereocenters. The van der Waals surface area contributed by atoms with E-state index in [9.17, 15) is 4.79 Å². The molecule has 0 heterocycles. The van der Waals surface area contributed by atoms with E-state index in [1.54, 1.807) is 0 Å². The van der Waals surface area contributed by atoms with E-state index in [1.165, 1.54) is 0 Å². The summed E-state index contributed by atoms with van der Waals surface area (Å²) in [7, 11) is 0. The van der Waals surface area contributed by atoms with E-state index in [-0.39, 0.29) is 0 Å². The first kappa shape index (κ1) is 12.0. The van der Waals surface area contributed by atoms with Gasteiger partial charge in [-0.3, -0.25) is 0 Å². The van der Waals surface area contributed by atoms with Gasteiger partial charge in [-0.15, -0.1) is 0 Å². The highest BCUT2D eigenvalue weighted by Gasteiger charge is 2.21. The van der Waals surface area contributed by atoms with Gasteiger partial charge < -0.3 is 25.5 Å². The summed E-state index contributed by atoms with van der Waals surface area (Å²) in [6.45, 7) is -0.709. The second kappa shape index (κ2) is 5.65. The number of carboxylic acids is 1. The molecule has 0 aromatic rings. The zero-order chi connectivity index (χ0) is 10.4. The van der Waals surface area contributed by atoms with Crippen LogP contribution in [0.5, 0.6) is 0 Å². The maximum absolute atomic E-state index is 9.97. The molecule has 6 heteroatoms. The molecule has 0 saturated carbocycles. The van der Waals surface area contributed by atoms with Gasteiger partial charge in [0.25, 0.3) is 0 Å². The van der Waals surface area contributed by atoms with E-state index < -0.39 is 30.9 Å². The Hall–Kier alpha value is -0.950. The van der Waals surface area contributed by atoms with E-state index >= 15 is 0 Å². The van der Waals surface area contributed by atoms with Crippen molar-refractivity contribution >= 4 is 5.97 Å². The molecular formula is C7H12O6. The predicted octanol–water partition coefficient (Wildman–Crippen LogP) is -2.30. The molecule has 76 valence electrons. The minimum absolute atomic E-state index is 0.637. The van der Waals surface area contributed by atoms with Crippen molar-refractivity contribution in [3.8, 4) is 0 Å². The Kier molecular flexibility index (Phi) is 5.24. The van der Waals surface area contributed by atoms with Crippen LogP contribution in [0.1, 0.15) is 0 Å². The fraction of sp³-hybridized carbons (Fsp3) is 0.571. The van der Waals surface area contributed by atoms with Crippen LogP contribution in [0.15, 0.2) is 12.2 Å². The van der Waals surface area contributed by atoms with Crippen molar-refractivity contribution in [1.29, 1.82) is 0 Å². The van der Waals surface area contributed by atoms with Crippen LogP contribution in [0.3, 0.4) is 0 Å². The van der Waals surface area contributed by atoms with Crippen LogP contribution < -0.4 is 0 Å². The first-order valence-corrected chi connectivity index (χ1v) is 3.55. The Balaban J connectivity index is 4.09. The second-order valence-electron chi connectivity index (χ2n) is 2.43. The normalized spacial score (nSPS) is 18.5. The van der Waals surface area contributed by atoms with E-state index in [1.807, 2.05) is 0 Å². The number of hydrogen-bond acceptors (Lipinski definition) is 5. The van der Waals surface area contributed by atoms with Crippen molar-refractivity contribution in [2.45, 2.75) is 18.3 Å². The minimum Gasteiger partial charge on any atom is -0.478 e. The lowest BCUT2D eigenvalue weighted by atomic mass is 10.1. The van der Waals surface area contributed by atoms with Gasteiger partial charge in [0, 0.05) is 6.08 Å². The smallest absolute Gasteiger partial charge is 0.328 e. The van der Waals surface area contributed by atoms with E-state index in [2.05, 4.69) is 0 Å². The molecular weight excluding hydrogens is 180 g/mol. The Labute approximate surface area is 74.4 Å². The zero-order valence-electron chi connectivity index (χ0n) is 6.74. The molecule has 0 aliphatic carbocycles. The maximum atomic E-state index is 9.97. The number of aliphatic hydroxyl groups excluding tert-OH is 4. The molecule has 0 aromatic carbocycles. The van der Waals surface area contributed by atoms with Gasteiger partial charge in [0.15, 0.2) is 0 Å². The molecule has 13 heavy (non-hydrogen) atoms. The molecule has 0 bridgehead atoms. The molecule has 0 aliphatic heterocycles. The standard InChI is InChI=1S/C7H12O6/c8-3-5(10)7(13)4(9)1-2-6(11)12/h1-2,4-5,7-10,13H,3H2,(H,11,12)/b2-1+. The predicted molar refractivity (Wildman–Crippen MR) is 41.9 cm³/mol. The number of aliphatic carboxylic acids is 1. The van der Waals surface area contributed by atoms with E-state index in [0.717, 1.165) is 6.08 Å². The molecule has 0 saturated heterocycles. The van der Waals surface area contributed by atoms with Crippen molar-refractivity contribution in [3.63, 3.8) is 0 Å². The summed E-state index contributed by atoms with van der Waals surface area (Å²) in [5, 5.41) is 43.3. The average Bonchev–Trinajstić information content (AvgIpc) is 2.11. The van der Waals surface area contributed by atoms with Gasteiger partial charge in [-0.2, -0.15) is 0 Å². The number of carbonyl (C=O) groups is 1. The van der Waals surface area contributed by atoms with Gasteiger partial charge in [-0.25, -0.2) is 4.79 Å². The number of carboxylic acid groups (broad SMARTS) is 1. The third kappa shape index (κ3) is 4.58. The fourth-order valence-electron chi connectivity index (χ4n) is 0.630. The summed E-state index contributed by atoms with van der Waals surface area (Å²) >= 11 is 0. The summed E-state index contributed by atoms with van der Waals surface area (Å²) < 4.78 is 0. The number of aliphatic hydroxyl groups is 4. The Morgan fingerprint density at radius 1 is 1.31 bits per heavy atom. The quantitative estimate of drug-likeness (QED) is 0.313. The van der Waals surface area contributed by atoms with Gasteiger partial charge in [0.1, 0.15) is 18.3 Å². The van der Waals surface area contributed by atoms with Crippen molar-refractivity contribution < 1.29 is 30.3 Å². The van der Waals surface area contributed by atoms with Crippen LogP contribution in [-0.2, 0) is 4.79 Å². The van der Waals surface area contributed by atoms with Gasteiger partial charge in [0.05, 0.1) is 6.61 Å². The molecule has 0 fully saturated rings. The van der Waals surface area contributed by atoms with Gasteiger partial charge in [-0.05, 0) is 6.08 Å². The van der Waals surface area contributed by atoms with Crippen LogP contribution >= 0.6 is 0 Å². The average molecular weight is 192 g/mol. The molecule has 0 amide bonds. The number of hydrogen-bond donors (Lipinski definition) is 5. The molecule has 0 radical (unpaired) electrons. The molecule has 6 nitrogen and oxygen atoms in total. The molecule has 0 rings (SSSR count). The van der Waals surface area contributed by atoms with Crippen molar-refractivity contribution in [2.24, 2.45) is 0 Å². The summed E-state index contributed by atoms with van der Waals surface area (Å²) in [6, 6.07) is 0. The highest BCUT2D eigenvalue weighted by Crippen LogP contribution is 2.01. The molecule has 3 atom stereocenters. The lowest BCUT2D eigenvalue weighted by Gasteiger charge is -2.18. The largest absolute Gasteiger partial charge is 0.478 e. The van der Waals surface area contributed by atoms with E-state index in [0.29, 0.717) is 6.08 Å². The lowest BCUT2D eigenvalue weighted by molar-refractivity contribution is -0.131. The summed E-state index contributed by atoms with van der Waals surface area (Å²) in [5.74, 6) is -1.27. The SMILES string of the molecule is O=C(O)/C=C/C(O)C(O)C(O)CO. The molecule has 0 aromatic heterocycles. The third-order valence-electron chi connectivity index (χ3n) is 1.37. The Morgan fingerprint density at radius 3 is 2.23 bits per heavy atom. The monoisotopic (exact) mass is 192 g/mol. The first-order chi connectivity index (χ1) is 5.99. The first-order valence-electron chi connectivity index (χ1n) is 3.55. The summed E-state index contributed by atoms with van der Waals surface area (Å²) in [5.41, 5.74) is 0. The maximum Gasteiger partial charge on any atom is 0.328 e. The van der Waals surface area contributed by atoms with Crippen molar-refractivity contribution in [2.75, 3.05) is 6.61 Å². The van der Waals surface area contributed by atoms with Crippen LogP contribution in [0.2, 0.25) is 0 Å². The molecule has 0 spiro atoms. The van der Waals surface area contributed by atoms with Crippen LogP contribution in [0, 0.1) is 0 Å². The molecule has 5 N–H and O–H groups in total. The Bertz CT molecular complexity index is 189. The topological polar surface area (TPSA) is 118 Å². The second-order valence-corrected chi connectivity index (χ2v) is 2.43. The Morgan fingerprint density at radius 2 is 1.85 bits per heavy atom. The highest BCUT2D eigenvalue weighted by molar-refractivity contribution is 5.79. The fourth-order valence-corrected chi connectivity index (χ4v) is 0.630. The summed E-state index contributed by atoms with van der Waals surface area (Å²) in [6.07, 6.45) is -3.16.